The van der Waals surface area contributed by atoms with Crippen LogP contribution in [0.2, 0.25) is 0 Å². The molecule has 1 heterocycles. The Kier molecular flexibility index (Phi) is 2.70. The van der Waals surface area contributed by atoms with Crippen molar-refractivity contribution in [1.82, 2.24) is 10.1 Å². The summed E-state index contributed by atoms with van der Waals surface area (Å²) in [6, 6.07) is 5.22. The molecule has 0 saturated heterocycles. The van der Waals surface area contributed by atoms with Crippen LogP contribution < -0.4 is 0 Å². The number of hydrogen-bond acceptors (Lipinski definition) is 4. The molecular formula is C15H14F2N2O2. The Balaban J connectivity index is 1.83. The van der Waals surface area contributed by atoms with Crippen LogP contribution in [0.25, 0.3) is 11.4 Å². The van der Waals surface area contributed by atoms with Crippen molar-refractivity contribution in [3.63, 3.8) is 0 Å². The van der Waals surface area contributed by atoms with Gasteiger partial charge in [-0.1, -0.05) is 17.3 Å². The summed E-state index contributed by atoms with van der Waals surface area (Å²) < 4.78 is 51.3. The number of carbonyl (C=O) groups is 1. The van der Waals surface area contributed by atoms with Crippen molar-refractivity contribution >= 4 is 5.78 Å². The molecule has 0 N–H and O–H groups in total. The number of fused-ring (bicyclic) bond motifs is 1. The summed E-state index contributed by atoms with van der Waals surface area (Å²) in [7, 11) is 0. The second kappa shape index (κ2) is 5.35. The van der Waals surface area contributed by atoms with Gasteiger partial charge in [-0.25, -0.2) is 8.78 Å². The van der Waals surface area contributed by atoms with Crippen LogP contribution in [0.1, 0.15) is 39.9 Å². The first-order valence-corrected chi connectivity index (χ1v) is 6.54. The van der Waals surface area contributed by atoms with E-state index in [4.69, 9.17) is 8.64 Å². The Hall–Kier alpha value is -2.11. The van der Waals surface area contributed by atoms with Crippen molar-refractivity contribution in [2.24, 2.45) is 0 Å². The van der Waals surface area contributed by atoms with Gasteiger partial charge in [0, 0.05) is 22.9 Å². The Morgan fingerprint density at radius 3 is 3.14 bits per heavy atom. The number of aryl methyl sites for hydroxylation is 2. The lowest BCUT2D eigenvalue weighted by atomic mass is 9.95. The van der Waals surface area contributed by atoms with Crippen molar-refractivity contribution in [1.29, 1.82) is 0 Å². The Morgan fingerprint density at radius 2 is 2.43 bits per heavy atom. The lowest BCUT2D eigenvalue weighted by molar-refractivity contribution is -0.129. The third-order valence-corrected chi connectivity index (χ3v) is 3.72. The SMILES string of the molecule is [2H]C([2H])([2H])c1nc(-c2ccc3c(c2)CC[C@H]3CC(=O)C(F)F)no1. The minimum atomic E-state index is -2.94. The van der Waals surface area contributed by atoms with Gasteiger partial charge in [-0.2, -0.15) is 4.98 Å². The minimum absolute atomic E-state index is 0.163. The number of halogens is 2. The number of aromatic nitrogens is 2. The quantitative estimate of drug-likeness (QED) is 0.868. The van der Waals surface area contributed by atoms with E-state index in [1.165, 1.54) is 0 Å². The molecule has 21 heavy (non-hydrogen) atoms. The van der Waals surface area contributed by atoms with Crippen molar-refractivity contribution in [3.8, 4) is 11.4 Å². The standard InChI is InChI=1S/C15H14F2N2O2/c1-8-18-15(19-21-8)11-4-5-12-9(6-11)2-3-10(12)7-13(20)14(16)17/h4-6,10,14H,2-3,7H2,1H3/t10-/m0/s1/i1D3. The second-order valence-corrected chi connectivity index (χ2v) is 5.04. The van der Waals surface area contributed by atoms with Gasteiger partial charge in [-0.05, 0) is 36.0 Å². The molecule has 1 aliphatic rings. The van der Waals surface area contributed by atoms with Gasteiger partial charge in [0.1, 0.15) is 0 Å². The molecule has 2 aromatic rings. The number of ketones is 1. The lowest BCUT2D eigenvalue weighted by Gasteiger charge is -2.10. The number of Topliss-reactive ketones (excluding diaryl/α,β-unsaturated/α-hetero) is 1. The summed E-state index contributed by atoms with van der Waals surface area (Å²) in [4.78, 5) is 15.1. The minimum Gasteiger partial charge on any atom is -0.339 e. The molecule has 3 rings (SSSR count). The normalized spacial score (nSPS) is 20.0. The average molecular weight is 295 g/mol. The Bertz CT molecular complexity index is 774. The van der Waals surface area contributed by atoms with Gasteiger partial charge in [-0.15, -0.1) is 0 Å². The van der Waals surface area contributed by atoms with E-state index in [0.29, 0.717) is 18.4 Å². The molecule has 0 amide bonds. The number of benzene rings is 1. The zero-order valence-electron chi connectivity index (χ0n) is 14.0. The van der Waals surface area contributed by atoms with Crippen LogP contribution in [0.3, 0.4) is 0 Å². The van der Waals surface area contributed by atoms with Gasteiger partial charge in [-0.3, -0.25) is 4.79 Å². The third-order valence-electron chi connectivity index (χ3n) is 3.72. The summed E-state index contributed by atoms with van der Waals surface area (Å²) >= 11 is 0. The van der Waals surface area contributed by atoms with Crippen LogP contribution in [0.4, 0.5) is 8.78 Å². The maximum Gasteiger partial charge on any atom is 0.296 e. The Labute approximate surface area is 124 Å². The highest BCUT2D eigenvalue weighted by Gasteiger charge is 2.28. The van der Waals surface area contributed by atoms with Gasteiger partial charge in [0.25, 0.3) is 6.43 Å². The highest BCUT2D eigenvalue weighted by atomic mass is 19.3. The highest BCUT2D eigenvalue weighted by molar-refractivity contribution is 5.82. The van der Waals surface area contributed by atoms with Gasteiger partial charge < -0.3 is 4.52 Å². The molecule has 1 aromatic heterocycles. The summed E-state index contributed by atoms with van der Waals surface area (Å²) in [5, 5.41) is 3.67. The fraction of sp³-hybridized carbons (Fsp3) is 0.400. The molecule has 0 saturated carbocycles. The smallest absolute Gasteiger partial charge is 0.296 e. The predicted octanol–water partition coefficient (Wildman–Crippen LogP) is 3.30. The van der Waals surface area contributed by atoms with E-state index in [2.05, 4.69) is 10.1 Å². The molecule has 0 bridgehead atoms. The number of rotatable bonds is 4. The molecular weight excluding hydrogens is 278 g/mol. The topological polar surface area (TPSA) is 56.0 Å². The molecule has 4 nitrogen and oxygen atoms in total. The zero-order valence-corrected chi connectivity index (χ0v) is 11.0. The molecule has 1 atom stereocenters. The molecule has 0 radical (unpaired) electrons. The monoisotopic (exact) mass is 295 g/mol. The van der Waals surface area contributed by atoms with E-state index < -0.39 is 25.0 Å². The van der Waals surface area contributed by atoms with Gasteiger partial charge in [0.05, 0.1) is 0 Å². The van der Waals surface area contributed by atoms with Crippen molar-refractivity contribution < 1.29 is 22.2 Å². The number of carbonyl (C=O) groups excluding carboxylic acids is 1. The first-order valence-electron chi connectivity index (χ1n) is 8.04. The van der Waals surface area contributed by atoms with E-state index in [1.54, 1.807) is 18.2 Å². The van der Waals surface area contributed by atoms with E-state index in [0.717, 1.165) is 11.1 Å². The molecule has 0 unspecified atom stereocenters. The summed E-state index contributed by atoms with van der Waals surface area (Å²) in [5.74, 6) is -1.52. The first-order chi connectivity index (χ1) is 11.3. The van der Waals surface area contributed by atoms with Crippen LogP contribution >= 0.6 is 0 Å². The summed E-state index contributed by atoms with van der Waals surface area (Å²) in [6.07, 6.45) is -1.82. The average Bonchev–Trinajstić information content (AvgIpc) is 3.13. The lowest BCUT2D eigenvalue weighted by Crippen LogP contribution is -2.13. The fourth-order valence-electron chi connectivity index (χ4n) is 2.73. The highest BCUT2D eigenvalue weighted by Crippen LogP contribution is 2.37. The molecule has 110 valence electrons. The largest absolute Gasteiger partial charge is 0.339 e. The van der Waals surface area contributed by atoms with Gasteiger partial charge in [0.2, 0.25) is 11.7 Å². The number of nitrogens with zero attached hydrogens (tertiary/aromatic N) is 2. The van der Waals surface area contributed by atoms with Crippen molar-refractivity contribution in [2.75, 3.05) is 0 Å². The second-order valence-electron chi connectivity index (χ2n) is 5.04. The maximum absolute atomic E-state index is 12.4. The summed E-state index contributed by atoms with van der Waals surface area (Å²) in [5.41, 5.74) is 2.39. The molecule has 1 aromatic carbocycles. The van der Waals surface area contributed by atoms with E-state index in [-0.39, 0.29) is 18.2 Å². The molecule has 0 fully saturated rings. The van der Waals surface area contributed by atoms with Gasteiger partial charge >= 0.3 is 0 Å². The fourth-order valence-corrected chi connectivity index (χ4v) is 2.73. The number of alkyl halides is 2. The zero-order chi connectivity index (χ0) is 17.5. The van der Waals surface area contributed by atoms with Gasteiger partial charge in [0.15, 0.2) is 5.78 Å². The molecule has 6 heteroatoms. The molecule has 0 aliphatic heterocycles. The molecule has 0 spiro atoms. The van der Waals surface area contributed by atoms with E-state index >= 15 is 0 Å². The summed E-state index contributed by atoms with van der Waals surface area (Å²) in [6.45, 7) is -2.47. The van der Waals surface area contributed by atoms with Crippen LogP contribution in [-0.2, 0) is 11.2 Å². The molecule has 1 aliphatic carbocycles. The van der Waals surface area contributed by atoms with Crippen LogP contribution in [0.15, 0.2) is 22.7 Å². The maximum atomic E-state index is 12.4. The third kappa shape index (κ3) is 2.70. The number of hydrogen-bond donors (Lipinski definition) is 0. The van der Waals surface area contributed by atoms with Crippen LogP contribution in [0, 0.1) is 6.85 Å². The Morgan fingerprint density at radius 1 is 1.57 bits per heavy atom. The van der Waals surface area contributed by atoms with Crippen LogP contribution in [-0.4, -0.2) is 22.3 Å². The van der Waals surface area contributed by atoms with E-state index in [9.17, 15) is 13.6 Å². The predicted molar refractivity (Wildman–Crippen MR) is 71.2 cm³/mol. The van der Waals surface area contributed by atoms with Crippen LogP contribution in [0.5, 0.6) is 0 Å². The van der Waals surface area contributed by atoms with Crippen molar-refractivity contribution in [2.45, 2.75) is 38.5 Å². The first kappa shape index (κ1) is 10.6. The van der Waals surface area contributed by atoms with Crippen molar-refractivity contribution in [3.05, 3.63) is 35.2 Å². The van der Waals surface area contributed by atoms with E-state index in [1.807, 2.05) is 0 Å².